The molecule has 2 rings (SSSR count). The summed E-state index contributed by atoms with van der Waals surface area (Å²) in [6.07, 6.45) is 3.33. The van der Waals surface area contributed by atoms with Gasteiger partial charge in [-0.3, -0.25) is 14.3 Å². The molecule has 1 aromatic heterocycles. The Morgan fingerprint density at radius 1 is 1.23 bits per heavy atom. The average Bonchev–Trinajstić information content (AvgIpc) is 2.78. The molecule has 22 heavy (non-hydrogen) atoms. The van der Waals surface area contributed by atoms with Gasteiger partial charge in [0.25, 0.3) is 5.56 Å². The van der Waals surface area contributed by atoms with Gasteiger partial charge in [0.15, 0.2) is 0 Å². The quantitative estimate of drug-likeness (QED) is 0.771. The number of hydrogen-bond acceptors (Lipinski definition) is 5. The Hall–Kier alpha value is -1.76. The highest BCUT2D eigenvalue weighted by Crippen LogP contribution is 2.29. The molecule has 7 heteroatoms. The van der Waals surface area contributed by atoms with E-state index in [1.807, 2.05) is 11.9 Å². The fraction of sp³-hybridized carbons (Fsp3) is 0.733. The first-order chi connectivity index (χ1) is 10.3. The predicted octanol–water partition coefficient (Wildman–Crippen LogP) is 0.408. The smallest absolute Gasteiger partial charge is 0.329 e. The van der Waals surface area contributed by atoms with Crippen molar-refractivity contribution in [1.29, 1.82) is 0 Å². The molecule has 0 amide bonds. The Morgan fingerprint density at radius 2 is 1.91 bits per heavy atom. The van der Waals surface area contributed by atoms with E-state index in [0.717, 1.165) is 31.6 Å². The fourth-order valence-electron chi connectivity index (χ4n) is 2.87. The third kappa shape index (κ3) is 3.19. The normalized spacial score (nSPS) is 15.5. The average molecular weight is 309 g/mol. The summed E-state index contributed by atoms with van der Waals surface area (Å²) >= 11 is 0. The van der Waals surface area contributed by atoms with Crippen LogP contribution in [0.3, 0.4) is 0 Å². The van der Waals surface area contributed by atoms with Crippen LogP contribution >= 0.6 is 0 Å². The molecule has 0 radical (unpaired) electrons. The number of fused-ring (bicyclic) bond motifs is 1. The number of rotatable bonds is 6. The summed E-state index contributed by atoms with van der Waals surface area (Å²) in [7, 11) is 7.78. The zero-order chi connectivity index (χ0) is 16.4. The van der Waals surface area contributed by atoms with Crippen molar-refractivity contribution in [2.75, 3.05) is 44.2 Å². The first kappa shape index (κ1) is 16.6. The summed E-state index contributed by atoms with van der Waals surface area (Å²) in [5.41, 5.74) is -0.0710. The van der Waals surface area contributed by atoms with E-state index in [-0.39, 0.29) is 11.2 Å². The van der Waals surface area contributed by atoms with Crippen molar-refractivity contribution in [3.63, 3.8) is 0 Å². The van der Waals surface area contributed by atoms with Crippen LogP contribution in [0.2, 0.25) is 0 Å². The zero-order valence-electron chi connectivity index (χ0n) is 14.2. The van der Waals surface area contributed by atoms with E-state index in [9.17, 15) is 9.59 Å². The van der Waals surface area contributed by atoms with E-state index in [1.165, 1.54) is 4.57 Å². The highest BCUT2D eigenvalue weighted by atomic mass is 16.2. The molecular weight excluding hydrogens is 282 g/mol. The van der Waals surface area contributed by atoms with Crippen LogP contribution in [0.15, 0.2) is 9.59 Å². The minimum absolute atomic E-state index is 0.302. The highest BCUT2D eigenvalue weighted by Gasteiger charge is 2.29. The van der Waals surface area contributed by atoms with Crippen LogP contribution in [0.5, 0.6) is 0 Å². The molecule has 0 aromatic carbocycles. The van der Waals surface area contributed by atoms with Gasteiger partial charge in [-0.2, -0.15) is 0 Å². The molecule has 7 nitrogen and oxygen atoms in total. The van der Waals surface area contributed by atoms with Crippen LogP contribution in [0.4, 0.5) is 11.5 Å². The van der Waals surface area contributed by atoms with Crippen molar-refractivity contribution in [1.82, 2.24) is 14.5 Å². The Bertz CT molecular complexity index is 634. The number of anilines is 2. The Labute approximate surface area is 131 Å². The molecule has 1 aliphatic rings. The van der Waals surface area contributed by atoms with Crippen LogP contribution < -0.4 is 21.0 Å². The van der Waals surface area contributed by atoms with Gasteiger partial charge in [-0.1, -0.05) is 6.42 Å². The number of nitrogens with one attached hydrogen (secondary N) is 1. The second-order valence-corrected chi connectivity index (χ2v) is 6.40. The second-order valence-electron chi connectivity index (χ2n) is 6.40. The Kier molecular flexibility index (Phi) is 4.95. The summed E-state index contributed by atoms with van der Waals surface area (Å²) in [5, 5.41) is 0. The monoisotopic (exact) mass is 309 g/mol. The van der Waals surface area contributed by atoms with Crippen LogP contribution in [0, 0.1) is 0 Å². The standard InChI is InChI=1S/C15H27N5O2/c1-11(17(2)3)8-6-7-9-20-10-18(4)12-13(21)16-15(22)19(5)14(12)20/h11H,6-10H2,1-5H3,(H,16,21,22). The van der Waals surface area contributed by atoms with E-state index in [0.29, 0.717) is 18.4 Å². The lowest BCUT2D eigenvalue weighted by Crippen LogP contribution is -2.32. The van der Waals surface area contributed by atoms with Crippen LogP contribution in [0.25, 0.3) is 0 Å². The molecular formula is C15H27N5O2. The van der Waals surface area contributed by atoms with Crippen LogP contribution in [-0.2, 0) is 7.05 Å². The largest absolute Gasteiger partial charge is 0.349 e. The summed E-state index contributed by atoms with van der Waals surface area (Å²) < 4.78 is 1.53. The Morgan fingerprint density at radius 3 is 2.55 bits per heavy atom. The van der Waals surface area contributed by atoms with Gasteiger partial charge in [0.2, 0.25) is 0 Å². The fourth-order valence-corrected chi connectivity index (χ4v) is 2.87. The third-order valence-electron chi connectivity index (χ3n) is 4.52. The molecule has 1 aromatic rings. The molecule has 0 bridgehead atoms. The topological polar surface area (TPSA) is 64.6 Å². The summed E-state index contributed by atoms with van der Waals surface area (Å²) in [5.74, 6) is 0.733. The van der Waals surface area contributed by atoms with Gasteiger partial charge in [0.05, 0.1) is 6.67 Å². The Balaban J connectivity index is 2.05. The van der Waals surface area contributed by atoms with Gasteiger partial charge in [0, 0.05) is 26.7 Å². The molecule has 0 spiro atoms. The van der Waals surface area contributed by atoms with Crippen molar-refractivity contribution in [2.24, 2.45) is 7.05 Å². The number of unbranched alkanes of at least 4 members (excludes halogenated alkanes) is 1. The molecule has 1 aliphatic heterocycles. The van der Waals surface area contributed by atoms with Crippen LogP contribution in [-0.4, -0.2) is 54.8 Å². The van der Waals surface area contributed by atoms with E-state index in [1.54, 1.807) is 7.05 Å². The van der Waals surface area contributed by atoms with Crippen molar-refractivity contribution >= 4 is 11.5 Å². The predicted molar refractivity (Wildman–Crippen MR) is 89.9 cm³/mol. The van der Waals surface area contributed by atoms with E-state index in [2.05, 4.69) is 35.8 Å². The number of hydrogen-bond donors (Lipinski definition) is 1. The minimum Gasteiger partial charge on any atom is -0.349 e. The maximum atomic E-state index is 12.0. The zero-order valence-corrected chi connectivity index (χ0v) is 14.2. The van der Waals surface area contributed by atoms with Crippen molar-refractivity contribution in [3.05, 3.63) is 20.8 Å². The molecule has 0 saturated heterocycles. The molecule has 1 N–H and O–H groups in total. The third-order valence-corrected chi connectivity index (χ3v) is 4.52. The minimum atomic E-state index is -0.356. The molecule has 0 aliphatic carbocycles. The summed E-state index contributed by atoms with van der Waals surface area (Å²) in [6.45, 7) is 3.73. The van der Waals surface area contributed by atoms with Crippen LogP contribution in [0.1, 0.15) is 26.2 Å². The van der Waals surface area contributed by atoms with Gasteiger partial charge >= 0.3 is 5.69 Å². The first-order valence-electron chi connectivity index (χ1n) is 7.78. The van der Waals surface area contributed by atoms with E-state index >= 15 is 0 Å². The van der Waals surface area contributed by atoms with Gasteiger partial charge in [0.1, 0.15) is 11.5 Å². The van der Waals surface area contributed by atoms with E-state index < -0.39 is 0 Å². The molecule has 1 unspecified atom stereocenters. The maximum absolute atomic E-state index is 12.0. The maximum Gasteiger partial charge on any atom is 0.329 e. The lowest BCUT2D eigenvalue weighted by atomic mass is 10.1. The van der Waals surface area contributed by atoms with Gasteiger partial charge in [-0.25, -0.2) is 4.79 Å². The van der Waals surface area contributed by atoms with Gasteiger partial charge < -0.3 is 14.7 Å². The van der Waals surface area contributed by atoms with Crippen molar-refractivity contribution in [2.45, 2.75) is 32.2 Å². The SMILES string of the molecule is CC(CCCCN1CN(C)c2c1n(C)c(=O)[nH]c2=O)N(C)C. The lowest BCUT2D eigenvalue weighted by molar-refractivity contribution is 0.292. The van der Waals surface area contributed by atoms with Crippen molar-refractivity contribution in [3.8, 4) is 0 Å². The first-order valence-corrected chi connectivity index (χ1v) is 7.78. The molecule has 0 saturated carbocycles. The van der Waals surface area contributed by atoms with Gasteiger partial charge in [-0.05, 0) is 33.9 Å². The molecule has 2 heterocycles. The molecule has 0 fully saturated rings. The summed E-state index contributed by atoms with van der Waals surface area (Å²) in [4.78, 5) is 32.4. The molecule has 1 atom stereocenters. The number of nitrogens with zero attached hydrogens (tertiary/aromatic N) is 4. The van der Waals surface area contributed by atoms with Crippen molar-refractivity contribution < 1.29 is 0 Å². The highest BCUT2D eigenvalue weighted by molar-refractivity contribution is 5.71. The van der Waals surface area contributed by atoms with E-state index in [4.69, 9.17) is 0 Å². The summed E-state index contributed by atoms with van der Waals surface area (Å²) in [6, 6.07) is 0.570. The number of H-pyrrole nitrogens is 1. The lowest BCUT2D eigenvalue weighted by Gasteiger charge is -2.22. The number of aromatic nitrogens is 2. The number of aromatic amines is 1. The van der Waals surface area contributed by atoms with Gasteiger partial charge in [-0.15, -0.1) is 0 Å². The molecule has 124 valence electrons. The second kappa shape index (κ2) is 6.56.